The van der Waals surface area contributed by atoms with E-state index in [2.05, 4.69) is 138 Å². The summed E-state index contributed by atoms with van der Waals surface area (Å²) in [5.74, 6) is 0. The normalized spacial score (nSPS) is 12.1. The minimum absolute atomic E-state index is 1.18. The van der Waals surface area contributed by atoms with Crippen molar-refractivity contribution in [3.05, 3.63) is 133 Å². The van der Waals surface area contributed by atoms with E-state index >= 15 is 0 Å². The lowest BCUT2D eigenvalue weighted by Crippen LogP contribution is -1.91. The Morgan fingerprint density at radius 2 is 0.872 bits per heavy atom. The van der Waals surface area contributed by atoms with Gasteiger partial charge in [-0.15, -0.1) is 0 Å². The molecule has 1 heterocycles. The Hall–Kier alpha value is -5.14. The van der Waals surface area contributed by atoms with Crippen molar-refractivity contribution in [3.8, 4) is 11.1 Å². The molecule has 0 saturated carbocycles. The van der Waals surface area contributed by atoms with Crippen LogP contribution >= 0.6 is 0 Å². The predicted octanol–water partition coefficient (Wildman–Crippen LogP) is 10.8. The molecule has 0 aliphatic carbocycles. The average molecular weight is 494 g/mol. The lowest BCUT2D eigenvalue weighted by molar-refractivity contribution is 1.57. The van der Waals surface area contributed by atoms with Crippen LogP contribution in [0.5, 0.6) is 0 Å². The van der Waals surface area contributed by atoms with Crippen LogP contribution in [0.3, 0.4) is 0 Å². The standard InChI is InChI=1S/C38H23N/c1-2-12-23(13-3-1)31-22-24-14-4-5-15-25(24)34-33(31)26-16-6-7-17-27(26)36-35(34)28-18-8-9-19-29(28)38-37(36)30-20-10-11-21-32(30)39-38/h1-22,39H. The number of aromatic amines is 1. The quantitative estimate of drug-likeness (QED) is 0.219. The molecule has 0 radical (unpaired) electrons. The number of rotatable bonds is 1. The Balaban J connectivity index is 1.73. The molecule has 0 spiro atoms. The Labute approximate surface area is 224 Å². The molecule has 1 nitrogen and oxygen atoms in total. The molecule has 0 aliphatic heterocycles. The van der Waals surface area contributed by atoms with Crippen molar-refractivity contribution < 1.29 is 0 Å². The number of H-pyrrole nitrogens is 1. The van der Waals surface area contributed by atoms with Crippen molar-refractivity contribution in [1.82, 2.24) is 4.98 Å². The summed E-state index contributed by atoms with van der Waals surface area (Å²) >= 11 is 0. The molecule has 1 N–H and O–H groups in total. The zero-order valence-electron chi connectivity index (χ0n) is 21.2. The molecule has 1 heteroatoms. The highest BCUT2D eigenvalue weighted by molar-refractivity contribution is 6.45. The van der Waals surface area contributed by atoms with Crippen molar-refractivity contribution >= 4 is 75.7 Å². The summed E-state index contributed by atoms with van der Waals surface area (Å²) in [6.45, 7) is 0. The second kappa shape index (κ2) is 7.69. The molecule has 180 valence electrons. The third kappa shape index (κ3) is 2.74. The van der Waals surface area contributed by atoms with Crippen LogP contribution in [0.2, 0.25) is 0 Å². The van der Waals surface area contributed by atoms with Gasteiger partial charge in [0, 0.05) is 27.1 Å². The summed E-state index contributed by atoms with van der Waals surface area (Å²) in [4.78, 5) is 3.80. The van der Waals surface area contributed by atoms with E-state index in [0.29, 0.717) is 0 Å². The zero-order valence-corrected chi connectivity index (χ0v) is 21.2. The van der Waals surface area contributed by atoms with E-state index in [0.717, 1.165) is 0 Å². The molecule has 0 fully saturated rings. The van der Waals surface area contributed by atoms with Crippen molar-refractivity contribution in [2.45, 2.75) is 0 Å². The van der Waals surface area contributed by atoms with E-state index in [1.807, 2.05) is 0 Å². The maximum atomic E-state index is 3.80. The molecule has 0 unspecified atom stereocenters. The molecule has 0 atom stereocenters. The molecule has 39 heavy (non-hydrogen) atoms. The summed E-state index contributed by atoms with van der Waals surface area (Å²) in [6.07, 6.45) is 0. The van der Waals surface area contributed by atoms with E-state index in [9.17, 15) is 0 Å². The Bertz CT molecular complexity index is 2430. The van der Waals surface area contributed by atoms with E-state index < -0.39 is 0 Å². The van der Waals surface area contributed by atoms with Gasteiger partial charge in [-0.1, -0.05) is 121 Å². The molecule has 8 aromatic carbocycles. The lowest BCUT2D eigenvalue weighted by Gasteiger charge is -2.19. The number of benzene rings is 8. The second-order valence-electron chi connectivity index (χ2n) is 10.5. The number of aromatic nitrogens is 1. The lowest BCUT2D eigenvalue weighted by atomic mass is 9.83. The molecule has 0 saturated heterocycles. The fourth-order valence-corrected chi connectivity index (χ4v) is 6.96. The van der Waals surface area contributed by atoms with Crippen LogP contribution < -0.4 is 0 Å². The summed E-state index contributed by atoms with van der Waals surface area (Å²) in [6, 6.07) is 48.8. The molecule has 1 aromatic heterocycles. The fraction of sp³-hybridized carbons (Fsp3) is 0. The Kier molecular flexibility index (Phi) is 4.11. The number of nitrogens with one attached hydrogen (secondary N) is 1. The monoisotopic (exact) mass is 493 g/mol. The molecular weight excluding hydrogens is 470 g/mol. The first-order valence-corrected chi connectivity index (χ1v) is 13.5. The fourth-order valence-electron chi connectivity index (χ4n) is 6.96. The van der Waals surface area contributed by atoms with E-state index in [1.165, 1.54) is 86.8 Å². The van der Waals surface area contributed by atoms with Gasteiger partial charge in [0.25, 0.3) is 0 Å². The van der Waals surface area contributed by atoms with E-state index in [1.54, 1.807) is 0 Å². The van der Waals surface area contributed by atoms with Gasteiger partial charge in [0.15, 0.2) is 0 Å². The summed E-state index contributed by atoms with van der Waals surface area (Å²) in [5.41, 5.74) is 4.92. The first-order valence-electron chi connectivity index (χ1n) is 13.5. The highest BCUT2D eigenvalue weighted by atomic mass is 14.7. The Morgan fingerprint density at radius 3 is 1.64 bits per heavy atom. The number of hydrogen-bond acceptors (Lipinski definition) is 0. The molecule has 9 aromatic rings. The van der Waals surface area contributed by atoms with Gasteiger partial charge >= 0.3 is 0 Å². The van der Waals surface area contributed by atoms with Crippen LogP contribution in [0.25, 0.3) is 86.8 Å². The van der Waals surface area contributed by atoms with Crippen LogP contribution in [-0.2, 0) is 0 Å². The zero-order chi connectivity index (χ0) is 25.5. The maximum absolute atomic E-state index is 3.80. The second-order valence-corrected chi connectivity index (χ2v) is 10.5. The third-order valence-electron chi connectivity index (χ3n) is 8.52. The first-order chi connectivity index (χ1) is 19.4. The van der Waals surface area contributed by atoms with Gasteiger partial charge in [0.05, 0.1) is 5.52 Å². The first kappa shape index (κ1) is 20.9. The number of fused-ring (bicyclic) bond motifs is 15. The van der Waals surface area contributed by atoms with Gasteiger partial charge in [-0.25, -0.2) is 0 Å². The van der Waals surface area contributed by atoms with Gasteiger partial charge in [-0.05, 0) is 66.3 Å². The SMILES string of the molecule is c1ccc(-c2cc3ccccc3c3c2c2ccccc2c2c4c5ccccc5[nH]c4c4ccccc4c32)cc1. The van der Waals surface area contributed by atoms with Crippen LogP contribution in [0.1, 0.15) is 0 Å². The van der Waals surface area contributed by atoms with Gasteiger partial charge in [-0.2, -0.15) is 0 Å². The molecule has 0 bridgehead atoms. The molecule has 9 rings (SSSR count). The van der Waals surface area contributed by atoms with Gasteiger partial charge < -0.3 is 4.98 Å². The average Bonchev–Trinajstić information content (AvgIpc) is 3.40. The van der Waals surface area contributed by atoms with Crippen LogP contribution in [-0.4, -0.2) is 4.98 Å². The van der Waals surface area contributed by atoms with E-state index in [4.69, 9.17) is 0 Å². The summed E-state index contributed by atoms with van der Waals surface area (Å²) < 4.78 is 0. The summed E-state index contributed by atoms with van der Waals surface area (Å²) in [5, 5.41) is 15.6. The Morgan fingerprint density at radius 1 is 0.359 bits per heavy atom. The maximum Gasteiger partial charge on any atom is 0.0551 e. The van der Waals surface area contributed by atoms with Crippen LogP contribution in [0, 0.1) is 0 Å². The smallest absolute Gasteiger partial charge is 0.0551 e. The third-order valence-corrected chi connectivity index (χ3v) is 8.52. The minimum atomic E-state index is 1.18. The van der Waals surface area contributed by atoms with Crippen molar-refractivity contribution in [2.75, 3.05) is 0 Å². The molecule has 0 amide bonds. The highest BCUT2D eigenvalue weighted by Crippen LogP contribution is 2.49. The largest absolute Gasteiger partial charge is 0.354 e. The predicted molar refractivity (Wildman–Crippen MR) is 169 cm³/mol. The number of hydrogen-bond donors (Lipinski definition) is 1. The van der Waals surface area contributed by atoms with Crippen molar-refractivity contribution in [3.63, 3.8) is 0 Å². The van der Waals surface area contributed by atoms with Gasteiger partial charge in [0.1, 0.15) is 0 Å². The van der Waals surface area contributed by atoms with E-state index in [-0.39, 0.29) is 0 Å². The molecular formula is C38H23N. The van der Waals surface area contributed by atoms with Crippen molar-refractivity contribution in [2.24, 2.45) is 0 Å². The topological polar surface area (TPSA) is 15.8 Å². The minimum Gasteiger partial charge on any atom is -0.354 e. The molecule has 0 aliphatic rings. The summed E-state index contributed by atoms with van der Waals surface area (Å²) in [7, 11) is 0. The van der Waals surface area contributed by atoms with Gasteiger partial charge in [0.2, 0.25) is 0 Å². The van der Waals surface area contributed by atoms with Crippen LogP contribution in [0.4, 0.5) is 0 Å². The number of para-hydroxylation sites is 1. The highest BCUT2D eigenvalue weighted by Gasteiger charge is 2.21. The van der Waals surface area contributed by atoms with Gasteiger partial charge in [-0.3, -0.25) is 0 Å². The van der Waals surface area contributed by atoms with Crippen LogP contribution in [0.15, 0.2) is 133 Å². The van der Waals surface area contributed by atoms with Crippen molar-refractivity contribution in [1.29, 1.82) is 0 Å².